The number of pyridine rings is 1. The SMILES string of the molecule is CCCCCN(CCCOC)C(=O)[C@H](CSc1ncccc1C(=O)OC)NC(=O)OCc1ccccc1. The standard InChI is InChI=1S/C27H37N3O6S/c1-4-5-9-16-30(17-11-18-34-2)25(31)23(29-27(33)36-19-21-12-7-6-8-13-21)20-37-24-22(26(32)35-3)14-10-15-28-24/h6-8,10,12-15,23H,4-5,9,11,16-20H2,1-3H3,(H,29,33)/t23-/m0/s1. The smallest absolute Gasteiger partial charge is 0.408 e. The van der Waals surface area contributed by atoms with Crippen molar-refractivity contribution in [2.24, 2.45) is 0 Å². The van der Waals surface area contributed by atoms with E-state index in [1.807, 2.05) is 30.3 Å². The van der Waals surface area contributed by atoms with Crippen molar-refractivity contribution in [3.8, 4) is 0 Å². The Morgan fingerprint density at radius 2 is 1.78 bits per heavy atom. The Hall–Kier alpha value is -3.11. The number of methoxy groups -OCH3 is 2. The molecule has 1 heterocycles. The number of ether oxygens (including phenoxy) is 3. The van der Waals surface area contributed by atoms with Gasteiger partial charge < -0.3 is 24.4 Å². The molecule has 0 fully saturated rings. The first kappa shape index (κ1) is 30.1. The average molecular weight is 532 g/mol. The number of aromatic nitrogens is 1. The molecule has 1 N–H and O–H groups in total. The molecular weight excluding hydrogens is 494 g/mol. The molecule has 0 aliphatic rings. The first-order valence-corrected chi connectivity index (χ1v) is 13.4. The number of nitrogens with one attached hydrogen (secondary N) is 1. The van der Waals surface area contributed by atoms with E-state index in [1.165, 1.54) is 18.9 Å². The second kappa shape index (κ2) is 17.4. The molecule has 0 aliphatic carbocycles. The minimum absolute atomic E-state index is 0.0848. The van der Waals surface area contributed by atoms with Gasteiger partial charge in [0.25, 0.3) is 0 Å². The zero-order valence-corrected chi connectivity index (χ0v) is 22.6. The van der Waals surface area contributed by atoms with Crippen LogP contribution in [0.1, 0.15) is 48.5 Å². The van der Waals surface area contributed by atoms with E-state index in [-0.39, 0.29) is 18.3 Å². The summed E-state index contributed by atoms with van der Waals surface area (Å²) in [4.78, 5) is 44.5. The second-order valence-electron chi connectivity index (χ2n) is 8.30. The molecule has 37 heavy (non-hydrogen) atoms. The Morgan fingerprint density at radius 3 is 2.49 bits per heavy atom. The molecule has 9 nitrogen and oxygen atoms in total. The van der Waals surface area contributed by atoms with Crippen molar-refractivity contribution in [1.29, 1.82) is 0 Å². The maximum Gasteiger partial charge on any atom is 0.408 e. The summed E-state index contributed by atoms with van der Waals surface area (Å²) in [5, 5.41) is 3.15. The van der Waals surface area contributed by atoms with Gasteiger partial charge in [0, 0.05) is 38.8 Å². The van der Waals surface area contributed by atoms with Crippen LogP contribution >= 0.6 is 11.8 Å². The van der Waals surface area contributed by atoms with Crippen molar-refractivity contribution < 1.29 is 28.6 Å². The van der Waals surface area contributed by atoms with Gasteiger partial charge in [-0.25, -0.2) is 14.6 Å². The van der Waals surface area contributed by atoms with Crippen molar-refractivity contribution in [2.75, 3.05) is 39.7 Å². The van der Waals surface area contributed by atoms with Crippen LogP contribution in [-0.4, -0.2) is 73.6 Å². The van der Waals surface area contributed by atoms with E-state index in [4.69, 9.17) is 14.2 Å². The molecule has 1 atom stereocenters. The number of carbonyl (C=O) groups is 3. The molecule has 1 aromatic heterocycles. The normalized spacial score (nSPS) is 11.4. The summed E-state index contributed by atoms with van der Waals surface area (Å²) < 4.78 is 15.4. The molecule has 2 amide bonds. The zero-order chi connectivity index (χ0) is 26.9. The molecule has 2 rings (SSSR count). The summed E-state index contributed by atoms with van der Waals surface area (Å²) >= 11 is 1.20. The third-order valence-corrected chi connectivity index (χ3v) is 6.58. The average Bonchev–Trinajstić information content (AvgIpc) is 2.93. The molecule has 0 bridgehead atoms. The molecule has 2 aromatic rings. The number of hydrogen-bond acceptors (Lipinski definition) is 8. The summed E-state index contributed by atoms with van der Waals surface area (Å²) in [7, 11) is 2.92. The van der Waals surface area contributed by atoms with Gasteiger partial charge in [-0.3, -0.25) is 4.79 Å². The molecular formula is C27H37N3O6S. The van der Waals surface area contributed by atoms with E-state index in [2.05, 4.69) is 17.2 Å². The predicted molar refractivity (Wildman–Crippen MR) is 142 cm³/mol. The lowest BCUT2D eigenvalue weighted by atomic mass is 10.2. The molecule has 0 saturated carbocycles. The van der Waals surface area contributed by atoms with E-state index in [0.29, 0.717) is 36.7 Å². The number of rotatable bonds is 16. The molecule has 0 unspecified atom stereocenters. The largest absolute Gasteiger partial charge is 0.465 e. The van der Waals surface area contributed by atoms with Crippen molar-refractivity contribution in [3.63, 3.8) is 0 Å². The molecule has 202 valence electrons. The number of hydrogen-bond donors (Lipinski definition) is 1. The Labute approximate surface area is 223 Å². The van der Waals surface area contributed by atoms with Crippen molar-refractivity contribution in [3.05, 3.63) is 59.8 Å². The number of nitrogens with zero attached hydrogens (tertiary/aromatic N) is 2. The second-order valence-corrected chi connectivity index (χ2v) is 9.30. The lowest BCUT2D eigenvalue weighted by molar-refractivity contribution is -0.133. The Balaban J connectivity index is 2.17. The van der Waals surface area contributed by atoms with E-state index in [0.717, 1.165) is 24.8 Å². The highest BCUT2D eigenvalue weighted by molar-refractivity contribution is 7.99. The molecule has 0 spiro atoms. The van der Waals surface area contributed by atoms with E-state index in [9.17, 15) is 14.4 Å². The zero-order valence-electron chi connectivity index (χ0n) is 21.8. The number of unbranched alkanes of at least 4 members (excludes halogenated alkanes) is 2. The predicted octanol–water partition coefficient (Wildman–Crippen LogP) is 4.31. The van der Waals surface area contributed by atoms with E-state index < -0.39 is 18.1 Å². The fourth-order valence-corrected chi connectivity index (χ4v) is 4.51. The molecule has 1 aromatic carbocycles. The van der Waals surface area contributed by atoms with Crippen LogP contribution in [0.15, 0.2) is 53.7 Å². The minimum Gasteiger partial charge on any atom is -0.465 e. The first-order chi connectivity index (χ1) is 18.0. The summed E-state index contributed by atoms with van der Waals surface area (Å²) in [5.74, 6) is -0.573. The quantitative estimate of drug-likeness (QED) is 0.194. The van der Waals surface area contributed by atoms with Crippen molar-refractivity contribution >= 4 is 29.7 Å². The highest BCUT2D eigenvalue weighted by Crippen LogP contribution is 2.22. The van der Waals surface area contributed by atoms with Gasteiger partial charge in [-0.2, -0.15) is 0 Å². The van der Waals surface area contributed by atoms with Gasteiger partial charge in [-0.05, 0) is 30.5 Å². The van der Waals surface area contributed by atoms with Gasteiger partial charge in [-0.15, -0.1) is 11.8 Å². The van der Waals surface area contributed by atoms with Crippen LogP contribution in [0.25, 0.3) is 0 Å². The summed E-state index contributed by atoms with van der Waals surface area (Å²) in [6.45, 7) is 3.80. The Morgan fingerprint density at radius 1 is 1.03 bits per heavy atom. The van der Waals surface area contributed by atoms with Crippen LogP contribution in [0.3, 0.4) is 0 Å². The fourth-order valence-electron chi connectivity index (χ4n) is 3.52. The third kappa shape index (κ3) is 10.8. The number of thioether (sulfide) groups is 1. The highest BCUT2D eigenvalue weighted by Gasteiger charge is 2.27. The molecule has 0 saturated heterocycles. The molecule has 0 radical (unpaired) electrons. The van der Waals surface area contributed by atoms with Crippen LogP contribution in [0.4, 0.5) is 4.79 Å². The van der Waals surface area contributed by atoms with Gasteiger partial charge >= 0.3 is 12.1 Å². The maximum absolute atomic E-state index is 13.6. The van der Waals surface area contributed by atoms with Gasteiger partial charge in [0.2, 0.25) is 5.91 Å². The number of alkyl carbamates (subject to hydrolysis) is 1. The molecule has 10 heteroatoms. The Kier molecular flexibility index (Phi) is 14.1. The van der Waals surface area contributed by atoms with Crippen molar-refractivity contribution in [1.82, 2.24) is 15.2 Å². The third-order valence-electron chi connectivity index (χ3n) is 5.49. The summed E-state index contributed by atoms with van der Waals surface area (Å²) in [6, 6.07) is 11.7. The lowest BCUT2D eigenvalue weighted by Crippen LogP contribution is -2.50. The van der Waals surface area contributed by atoms with E-state index in [1.54, 1.807) is 30.3 Å². The monoisotopic (exact) mass is 531 g/mol. The number of amides is 2. The number of benzene rings is 1. The fraction of sp³-hybridized carbons (Fsp3) is 0.481. The molecule has 0 aliphatic heterocycles. The van der Waals surface area contributed by atoms with Gasteiger partial charge in [0.15, 0.2) is 0 Å². The minimum atomic E-state index is -0.884. The number of carbonyl (C=O) groups excluding carboxylic acids is 3. The summed E-state index contributed by atoms with van der Waals surface area (Å²) in [5.41, 5.74) is 1.14. The topological polar surface area (TPSA) is 107 Å². The lowest BCUT2D eigenvalue weighted by Gasteiger charge is -2.28. The highest BCUT2D eigenvalue weighted by atomic mass is 32.2. The van der Waals surface area contributed by atoms with Crippen LogP contribution in [0.5, 0.6) is 0 Å². The maximum atomic E-state index is 13.6. The first-order valence-electron chi connectivity index (χ1n) is 12.4. The summed E-state index contributed by atoms with van der Waals surface area (Å²) in [6.07, 6.45) is 4.44. The van der Waals surface area contributed by atoms with E-state index >= 15 is 0 Å². The van der Waals surface area contributed by atoms with Crippen LogP contribution in [-0.2, 0) is 25.6 Å². The van der Waals surface area contributed by atoms with Crippen molar-refractivity contribution in [2.45, 2.75) is 50.3 Å². The van der Waals surface area contributed by atoms with Gasteiger partial charge in [0.1, 0.15) is 17.7 Å². The van der Waals surface area contributed by atoms with Gasteiger partial charge in [0.05, 0.1) is 12.7 Å². The Bertz CT molecular complexity index is 966. The van der Waals surface area contributed by atoms with Crippen LogP contribution < -0.4 is 5.32 Å². The van der Waals surface area contributed by atoms with Crippen LogP contribution in [0.2, 0.25) is 0 Å². The number of esters is 1. The van der Waals surface area contributed by atoms with Crippen LogP contribution in [0, 0.1) is 0 Å². The van der Waals surface area contributed by atoms with Gasteiger partial charge in [-0.1, -0.05) is 50.1 Å².